The summed E-state index contributed by atoms with van der Waals surface area (Å²) in [7, 11) is 1.81. The molecule has 4 rings (SSSR count). The molecule has 6 heteroatoms. The Bertz CT molecular complexity index is 1170. The summed E-state index contributed by atoms with van der Waals surface area (Å²) in [6.45, 7) is 2.83. The predicted octanol–water partition coefficient (Wildman–Crippen LogP) is 5.18. The molecule has 0 aliphatic rings. The third kappa shape index (κ3) is 4.91. The first-order valence-electron chi connectivity index (χ1n) is 10.2. The summed E-state index contributed by atoms with van der Waals surface area (Å²) in [5.41, 5.74) is 3.84. The quantitative estimate of drug-likeness (QED) is 0.285. The Morgan fingerprint density at radius 1 is 1.00 bits per heavy atom. The van der Waals surface area contributed by atoms with E-state index in [-0.39, 0.29) is 12.5 Å². The van der Waals surface area contributed by atoms with Gasteiger partial charge in [0, 0.05) is 18.5 Å². The van der Waals surface area contributed by atoms with E-state index in [2.05, 4.69) is 0 Å². The summed E-state index contributed by atoms with van der Waals surface area (Å²) in [4.78, 5) is 19.4. The van der Waals surface area contributed by atoms with E-state index in [9.17, 15) is 4.79 Å². The van der Waals surface area contributed by atoms with Crippen molar-refractivity contribution in [3.05, 3.63) is 84.4 Å². The fourth-order valence-corrected chi connectivity index (χ4v) is 4.19. The number of ether oxygens (including phenoxy) is 1. The summed E-state index contributed by atoms with van der Waals surface area (Å²) in [5.74, 6) is 1.64. The molecule has 0 N–H and O–H groups in total. The second kappa shape index (κ2) is 9.71. The number of fused-ring (bicyclic) bond motifs is 1. The van der Waals surface area contributed by atoms with Crippen molar-refractivity contribution in [1.82, 2.24) is 9.55 Å². The maximum Gasteiger partial charge on any atom is 0.246 e. The van der Waals surface area contributed by atoms with Crippen LogP contribution in [0.3, 0.4) is 0 Å². The average molecular weight is 432 g/mol. The van der Waals surface area contributed by atoms with Crippen LogP contribution in [-0.2, 0) is 11.3 Å². The molecular formula is C25H25N3O2S. The lowest BCUT2D eigenvalue weighted by atomic mass is 10.2. The number of carbonyl (C=O) groups is 1. The molecule has 0 radical (unpaired) electrons. The van der Waals surface area contributed by atoms with Crippen LogP contribution in [0.1, 0.15) is 5.56 Å². The molecule has 0 atom stereocenters. The van der Waals surface area contributed by atoms with E-state index in [1.165, 1.54) is 0 Å². The molecule has 0 spiro atoms. The first kappa shape index (κ1) is 21.0. The molecule has 5 nitrogen and oxygen atoms in total. The van der Waals surface area contributed by atoms with Gasteiger partial charge in [0.1, 0.15) is 12.3 Å². The van der Waals surface area contributed by atoms with Crippen molar-refractivity contribution in [3.63, 3.8) is 0 Å². The van der Waals surface area contributed by atoms with Crippen molar-refractivity contribution in [1.29, 1.82) is 0 Å². The van der Waals surface area contributed by atoms with Gasteiger partial charge >= 0.3 is 0 Å². The maximum atomic E-state index is 13.0. The normalized spacial score (nSPS) is 10.9. The summed E-state index contributed by atoms with van der Waals surface area (Å²) in [6, 6.07) is 25.6. The Kier molecular flexibility index (Phi) is 6.57. The first-order chi connectivity index (χ1) is 15.1. The number of likely N-dealkylation sites (N-methyl/N-ethyl adjacent to an activating group) is 1. The highest BCUT2D eigenvalue weighted by atomic mass is 32.2. The highest BCUT2D eigenvalue weighted by Crippen LogP contribution is 2.25. The van der Waals surface area contributed by atoms with Crippen molar-refractivity contribution in [3.8, 4) is 5.75 Å². The minimum absolute atomic E-state index is 0.00682. The fourth-order valence-electron chi connectivity index (χ4n) is 3.36. The molecule has 3 aromatic carbocycles. The first-order valence-corrected chi connectivity index (χ1v) is 11.2. The monoisotopic (exact) mass is 431 g/mol. The Morgan fingerprint density at radius 2 is 1.71 bits per heavy atom. The van der Waals surface area contributed by atoms with Crippen molar-refractivity contribution >= 4 is 34.4 Å². The lowest BCUT2D eigenvalue weighted by Gasteiger charge is -2.18. The lowest BCUT2D eigenvalue weighted by Crippen LogP contribution is -2.30. The highest BCUT2D eigenvalue weighted by Gasteiger charge is 2.17. The summed E-state index contributed by atoms with van der Waals surface area (Å²) in [5, 5.41) is 0.824. The van der Waals surface area contributed by atoms with E-state index in [0.717, 1.165) is 38.9 Å². The van der Waals surface area contributed by atoms with Gasteiger partial charge in [-0.25, -0.2) is 4.98 Å². The number of anilines is 1. The molecule has 1 heterocycles. The number of carbonyl (C=O) groups excluding carboxylic acids is 1. The van der Waals surface area contributed by atoms with Crippen LogP contribution in [0, 0.1) is 6.92 Å². The van der Waals surface area contributed by atoms with Gasteiger partial charge in [-0.05, 0) is 42.8 Å². The number of amides is 1. The van der Waals surface area contributed by atoms with Crippen LogP contribution in [0.2, 0.25) is 0 Å². The van der Waals surface area contributed by atoms with Gasteiger partial charge < -0.3 is 14.2 Å². The maximum absolute atomic E-state index is 13.0. The lowest BCUT2D eigenvalue weighted by molar-refractivity contribution is -0.118. The standard InChI is InChI=1S/C25H25N3O2S/c1-19-10-6-9-15-23(19)30-16-17-31-25-26-21-13-7-8-14-22(21)28(25)18-24(29)27(2)20-11-4-3-5-12-20/h3-15H,16-18H2,1-2H3. The van der Waals surface area contributed by atoms with Crippen LogP contribution in [0.15, 0.2) is 84.0 Å². The molecule has 158 valence electrons. The Hall–Kier alpha value is -3.25. The number of aryl methyl sites for hydroxylation is 1. The molecule has 31 heavy (non-hydrogen) atoms. The average Bonchev–Trinajstić information content (AvgIpc) is 3.15. The number of thioether (sulfide) groups is 1. The Morgan fingerprint density at radius 3 is 2.52 bits per heavy atom. The molecule has 0 aliphatic carbocycles. The van der Waals surface area contributed by atoms with E-state index in [1.807, 2.05) is 90.4 Å². The Balaban J connectivity index is 1.48. The van der Waals surface area contributed by atoms with Gasteiger partial charge in [-0.1, -0.05) is 60.3 Å². The topological polar surface area (TPSA) is 47.4 Å². The van der Waals surface area contributed by atoms with Gasteiger partial charge in [0.05, 0.1) is 17.6 Å². The molecule has 1 aromatic heterocycles. The van der Waals surface area contributed by atoms with E-state index >= 15 is 0 Å². The number of para-hydroxylation sites is 4. The third-order valence-electron chi connectivity index (χ3n) is 5.10. The third-order valence-corrected chi connectivity index (χ3v) is 6.04. The molecule has 0 aliphatic heterocycles. The number of hydrogen-bond donors (Lipinski definition) is 0. The zero-order chi connectivity index (χ0) is 21.6. The van der Waals surface area contributed by atoms with Gasteiger partial charge in [-0.3, -0.25) is 4.79 Å². The van der Waals surface area contributed by atoms with E-state index < -0.39 is 0 Å². The molecule has 4 aromatic rings. The highest BCUT2D eigenvalue weighted by molar-refractivity contribution is 7.99. The summed E-state index contributed by atoms with van der Waals surface area (Å²) >= 11 is 1.60. The smallest absolute Gasteiger partial charge is 0.246 e. The van der Waals surface area contributed by atoms with Gasteiger partial charge in [-0.2, -0.15) is 0 Å². The largest absolute Gasteiger partial charge is 0.492 e. The number of imidazole rings is 1. The Labute approximate surface area is 186 Å². The van der Waals surface area contributed by atoms with E-state index in [0.29, 0.717) is 6.61 Å². The van der Waals surface area contributed by atoms with Crippen molar-refractivity contribution in [2.24, 2.45) is 0 Å². The number of rotatable bonds is 8. The van der Waals surface area contributed by atoms with E-state index in [1.54, 1.807) is 23.7 Å². The molecule has 0 saturated carbocycles. The number of hydrogen-bond acceptors (Lipinski definition) is 4. The van der Waals surface area contributed by atoms with Crippen LogP contribution < -0.4 is 9.64 Å². The molecule has 0 saturated heterocycles. The van der Waals surface area contributed by atoms with E-state index in [4.69, 9.17) is 9.72 Å². The number of benzene rings is 3. The summed E-state index contributed by atoms with van der Waals surface area (Å²) in [6.07, 6.45) is 0. The van der Waals surface area contributed by atoms with Crippen molar-refractivity contribution in [2.75, 3.05) is 24.3 Å². The van der Waals surface area contributed by atoms with Crippen LogP contribution in [0.25, 0.3) is 11.0 Å². The van der Waals surface area contributed by atoms with Crippen molar-refractivity contribution < 1.29 is 9.53 Å². The van der Waals surface area contributed by atoms with Gasteiger partial charge in [0.15, 0.2) is 5.16 Å². The van der Waals surface area contributed by atoms with Crippen LogP contribution in [0.4, 0.5) is 5.69 Å². The number of aromatic nitrogens is 2. The zero-order valence-corrected chi connectivity index (χ0v) is 18.5. The molecule has 0 bridgehead atoms. The fraction of sp³-hybridized carbons (Fsp3) is 0.200. The molecule has 0 unspecified atom stereocenters. The van der Waals surface area contributed by atoms with Crippen molar-refractivity contribution in [2.45, 2.75) is 18.6 Å². The second-order valence-electron chi connectivity index (χ2n) is 7.22. The molecular weight excluding hydrogens is 406 g/mol. The van der Waals surface area contributed by atoms with Gasteiger partial charge in [0.2, 0.25) is 5.91 Å². The zero-order valence-electron chi connectivity index (χ0n) is 17.7. The summed E-state index contributed by atoms with van der Waals surface area (Å²) < 4.78 is 7.91. The minimum Gasteiger partial charge on any atom is -0.492 e. The second-order valence-corrected chi connectivity index (χ2v) is 8.28. The minimum atomic E-state index is 0.00682. The SMILES string of the molecule is Cc1ccccc1OCCSc1nc2ccccc2n1CC(=O)N(C)c1ccccc1. The van der Waals surface area contributed by atoms with Crippen LogP contribution in [0.5, 0.6) is 5.75 Å². The van der Waals surface area contributed by atoms with Gasteiger partial charge in [0.25, 0.3) is 0 Å². The van der Waals surface area contributed by atoms with Crippen LogP contribution in [-0.4, -0.2) is 34.9 Å². The number of nitrogens with zero attached hydrogens (tertiary/aromatic N) is 3. The molecule has 0 fully saturated rings. The predicted molar refractivity (Wildman–Crippen MR) is 127 cm³/mol. The van der Waals surface area contributed by atoms with Gasteiger partial charge in [-0.15, -0.1) is 0 Å². The van der Waals surface area contributed by atoms with Crippen LogP contribution >= 0.6 is 11.8 Å². The molecule has 1 amide bonds.